The van der Waals surface area contributed by atoms with Gasteiger partial charge in [0.05, 0.1) is 24.4 Å². The standard InChI is InChI=1S/C10H18N4O2/c1-3-5-16-6-4-8(15)12-10-9(11)7(2)13-14-10/h3-6,11H2,1-2H3,(H2,12,13,14,15). The highest BCUT2D eigenvalue weighted by molar-refractivity contribution is 5.92. The Morgan fingerprint density at radius 2 is 2.31 bits per heavy atom. The third-order valence-corrected chi connectivity index (χ3v) is 2.07. The molecule has 0 saturated carbocycles. The number of nitrogens with zero attached hydrogens (tertiary/aromatic N) is 1. The van der Waals surface area contributed by atoms with Crippen molar-refractivity contribution in [2.24, 2.45) is 0 Å². The number of amides is 1. The van der Waals surface area contributed by atoms with Crippen LogP contribution in [0.1, 0.15) is 25.5 Å². The number of ether oxygens (including phenoxy) is 1. The number of carbonyl (C=O) groups is 1. The van der Waals surface area contributed by atoms with Crippen molar-refractivity contribution in [2.75, 3.05) is 24.3 Å². The van der Waals surface area contributed by atoms with Crippen molar-refractivity contribution in [3.05, 3.63) is 5.69 Å². The Morgan fingerprint density at radius 1 is 1.56 bits per heavy atom. The molecule has 1 heterocycles. The second-order valence-electron chi connectivity index (χ2n) is 3.52. The first kappa shape index (κ1) is 12.5. The number of anilines is 2. The average molecular weight is 226 g/mol. The minimum absolute atomic E-state index is 0.144. The van der Waals surface area contributed by atoms with E-state index >= 15 is 0 Å². The zero-order valence-electron chi connectivity index (χ0n) is 9.67. The van der Waals surface area contributed by atoms with Crippen LogP contribution in [0.15, 0.2) is 0 Å². The second-order valence-corrected chi connectivity index (χ2v) is 3.52. The molecular formula is C10H18N4O2. The molecule has 6 nitrogen and oxygen atoms in total. The monoisotopic (exact) mass is 226 g/mol. The van der Waals surface area contributed by atoms with Gasteiger partial charge in [0.15, 0.2) is 5.82 Å². The topological polar surface area (TPSA) is 93.0 Å². The van der Waals surface area contributed by atoms with E-state index in [1.807, 2.05) is 6.92 Å². The SMILES string of the molecule is CCCOCCC(=O)Nc1n[nH]c(C)c1N. The van der Waals surface area contributed by atoms with Gasteiger partial charge in [-0.2, -0.15) is 5.10 Å². The summed E-state index contributed by atoms with van der Waals surface area (Å²) in [5.41, 5.74) is 6.91. The van der Waals surface area contributed by atoms with Gasteiger partial charge < -0.3 is 15.8 Å². The van der Waals surface area contributed by atoms with Crippen LogP contribution in [0.25, 0.3) is 0 Å². The van der Waals surface area contributed by atoms with Crippen molar-refractivity contribution in [1.29, 1.82) is 0 Å². The molecule has 1 rings (SSSR count). The number of nitrogens with one attached hydrogen (secondary N) is 2. The lowest BCUT2D eigenvalue weighted by Gasteiger charge is -2.03. The largest absolute Gasteiger partial charge is 0.394 e. The van der Waals surface area contributed by atoms with Crippen molar-refractivity contribution in [3.8, 4) is 0 Å². The molecule has 0 atom stereocenters. The van der Waals surface area contributed by atoms with Crippen LogP contribution < -0.4 is 11.1 Å². The number of nitrogen functional groups attached to an aromatic ring is 1. The molecule has 16 heavy (non-hydrogen) atoms. The Kier molecular flexibility index (Phi) is 4.78. The van der Waals surface area contributed by atoms with Crippen molar-refractivity contribution in [2.45, 2.75) is 26.7 Å². The first-order valence-corrected chi connectivity index (χ1v) is 5.33. The molecule has 0 radical (unpaired) electrons. The molecule has 0 bridgehead atoms. The molecular weight excluding hydrogens is 208 g/mol. The smallest absolute Gasteiger partial charge is 0.227 e. The number of hydrogen-bond donors (Lipinski definition) is 3. The summed E-state index contributed by atoms with van der Waals surface area (Å²) in [4.78, 5) is 11.4. The zero-order chi connectivity index (χ0) is 12.0. The van der Waals surface area contributed by atoms with Crippen LogP contribution >= 0.6 is 0 Å². The van der Waals surface area contributed by atoms with Gasteiger partial charge in [-0.25, -0.2) is 0 Å². The molecule has 0 aliphatic rings. The molecule has 1 aromatic heterocycles. The molecule has 0 fully saturated rings. The third-order valence-electron chi connectivity index (χ3n) is 2.07. The Morgan fingerprint density at radius 3 is 2.88 bits per heavy atom. The summed E-state index contributed by atoms with van der Waals surface area (Å²) in [7, 11) is 0. The van der Waals surface area contributed by atoms with Gasteiger partial charge in [0.2, 0.25) is 5.91 Å². The summed E-state index contributed by atoms with van der Waals surface area (Å²) >= 11 is 0. The van der Waals surface area contributed by atoms with Crippen molar-refractivity contribution < 1.29 is 9.53 Å². The maximum atomic E-state index is 11.4. The van der Waals surface area contributed by atoms with Crippen LogP contribution in [-0.2, 0) is 9.53 Å². The molecule has 0 spiro atoms. The predicted octanol–water partition coefficient (Wildman–Crippen LogP) is 1.06. The van der Waals surface area contributed by atoms with E-state index in [0.29, 0.717) is 31.1 Å². The maximum Gasteiger partial charge on any atom is 0.227 e. The number of aromatic nitrogens is 2. The summed E-state index contributed by atoms with van der Waals surface area (Å²) in [6.07, 6.45) is 1.26. The van der Waals surface area contributed by atoms with Gasteiger partial charge >= 0.3 is 0 Å². The lowest BCUT2D eigenvalue weighted by atomic mass is 10.3. The van der Waals surface area contributed by atoms with E-state index in [4.69, 9.17) is 10.5 Å². The van der Waals surface area contributed by atoms with Gasteiger partial charge in [0.25, 0.3) is 0 Å². The predicted molar refractivity (Wildman–Crippen MR) is 62.1 cm³/mol. The third kappa shape index (κ3) is 3.54. The van der Waals surface area contributed by atoms with Gasteiger partial charge in [0.1, 0.15) is 0 Å². The minimum atomic E-state index is -0.144. The first-order chi connectivity index (χ1) is 7.65. The van der Waals surface area contributed by atoms with Crippen LogP contribution in [-0.4, -0.2) is 29.3 Å². The molecule has 90 valence electrons. The Hall–Kier alpha value is -1.56. The summed E-state index contributed by atoms with van der Waals surface area (Å²) < 4.78 is 5.21. The van der Waals surface area contributed by atoms with E-state index in [1.165, 1.54) is 0 Å². The van der Waals surface area contributed by atoms with Crippen molar-refractivity contribution in [1.82, 2.24) is 10.2 Å². The highest BCUT2D eigenvalue weighted by Crippen LogP contribution is 2.17. The van der Waals surface area contributed by atoms with E-state index in [2.05, 4.69) is 15.5 Å². The molecule has 6 heteroatoms. The number of H-pyrrole nitrogens is 1. The van der Waals surface area contributed by atoms with E-state index in [0.717, 1.165) is 12.1 Å². The number of rotatable bonds is 6. The number of aryl methyl sites for hydroxylation is 1. The fraction of sp³-hybridized carbons (Fsp3) is 0.600. The highest BCUT2D eigenvalue weighted by atomic mass is 16.5. The molecule has 1 amide bonds. The van der Waals surface area contributed by atoms with Gasteiger partial charge in [-0.1, -0.05) is 6.92 Å². The van der Waals surface area contributed by atoms with Crippen LogP contribution in [0, 0.1) is 6.92 Å². The Balaban J connectivity index is 2.31. The van der Waals surface area contributed by atoms with Gasteiger partial charge in [-0.3, -0.25) is 9.89 Å². The fourth-order valence-electron chi connectivity index (χ4n) is 1.14. The number of nitrogens with two attached hydrogens (primary N) is 1. The molecule has 0 aliphatic carbocycles. The van der Waals surface area contributed by atoms with Crippen LogP contribution in [0.2, 0.25) is 0 Å². The first-order valence-electron chi connectivity index (χ1n) is 5.33. The van der Waals surface area contributed by atoms with Crippen LogP contribution in [0.5, 0.6) is 0 Å². The summed E-state index contributed by atoms with van der Waals surface area (Å²) in [6, 6.07) is 0. The maximum absolute atomic E-state index is 11.4. The number of aromatic amines is 1. The molecule has 0 aromatic carbocycles. The van der Waals surface area contributed by atoms with Crippen molar-refractivity contribution in [3.63, 3.8) is 0 Å². The zero-order valence-corrected chi connectivity index (χ0v) is 9.67. The lowest BCUT2D eigenvalue weighted by Crippen LogP contribution is -2.15. The highest BCUT2D eigenvalue weighted by Gasteiger charge is 2.09. The van der Waals surface area contributed by atoms with Crippen LogP contribution in [0.4, 0.5) is 11.5 Å². The molecule has 0 saturated heterocycles. The normalized spacial score (nSPS) is 10.4. The number of carbonyl (C=O) groups excluding carboxylic acids is 1. The van der Waals surface area contributed by atoms with E-state index < -0.39 is 0 Å². The lowest BCUT2D eigenvalue weighted by molar-refractivity contribution is -0.117. The average Bonchev–Trinajstić information content (AvgIpc) is 2.56. The molecule has 0 aliphatic heterocycles. The molecule has 1 aromatic rings. The van der Waals surface area contributed by atoms with E-state index in [-0.39, 0.29) is 5.91 Å². The summed E-state index contributed by atoms with van der Waals surface area (Å²) in [5, 5.41) is 9.20. The van der Waals surface area contributed by atoms with Gasteiger partial charge in [-0.15, -0.1) is 0 Å². The quantitative estimate of drug-likeness (QED) is 0.632. The fourth-order valence-corrected chi connectivity index (χ4v) is 1.14. The molecule has 4 N–H and O–H groups in total. The Bertz CT molecular complexity index is 349. The summed E-state index contributed by atoms with van der Waals surface area (Å²) in [5.74, 6) is 0.243. The van der Waals surface area contributed by atoms with Gasteiger partial charge in [0, 0.05) is 6.61 Å². The Labute approximate surface area is 94.5 Å². The summed E-state index contributed by atoms with van der Waals surface area (Å²) in [6.45, 7) is 4.91. The second kappa shape index (κ2) is 6.12. The molecule has 0 unspecified atom stereocenters. The van der Waals surface area contributed by atoms with E-state index in [1.54, 1.807) is 6.92 Å². The van der Waals surface area contributed by atoms with E-state index in [9.17, 15) is 4.79 Å². The number of hydrogen-bond acceptors (Lipinski definition) is 4. The van der Waals surface area contributed by atoms with Gasteiger partial charge in [-0.05, 0) is 13.3 Å². The van der Waals surface area contributed by atoms with Crippen molar-refractivity contribution >= 4 is 17.4 Å². The minimum Gasteiger partial charge on any atom is -0.394 e. The van der Waals surface area contributed by atoms with Crippen LogP contribution in [0.3, 0.4) is 0 Å².